The smallest absolute Gasteiger partial charge is 0.443 e. The summed E-state index contributed by atoms with van der Waals surface area (Å²) in [6, 6.07) is 5.73. The van der Waals surface area contributed by atoms with Crippen LogP contribution in [0.3, 0.4) is 0 Å². The average Bonchev–Trinajstić information content (AvgIpc) is 3.03. The molecule has 1 atom stereocenters. The third-order valence-electron chi connectivity index (χ3n) is 5.75. The molecule has 0 aliphatic carbocycles. The molecule has 0 aliphatic rings. The minimum Gasteiger partial charge on any atom is -0.443 e. The van der Waals surface area contributed by atoms with Gasteiger partial charge in [0.2, 0.25) is 0 Å². The van der Waals surface area contributed by atoms with Crippen LogP contribution in [-0.2, 0) is 17.7 Å². The third kappa shape index (κ3) is 7.18. The Kier molecular flexibility index (Phi) is 8.23. The molecule has 1 unspecified atom stereocenters. The molecule has 33 heavy (non-hydrogen) atoms. The summed E-state index contributed by atoms with van der Waals surface area (Å²) in [4.78, 5) is 15.2. The van der Waals surface area contributed by atoms with Crippen molar-refractivity contribution in [1.82, 2.24) is 9.47 Å². The standard InChI is InChI=1S/C25H39BN2O5/c1-16(2)17(3)27(9)15-18-12-19(10-11-25(7,8)30)20-14-22(26(31)32)28(21(20)13-18)23(29)33-24(4,5)6/h12-14,17,30-32H,1,10-11,15H2,2-9H3. The molecule has 1 aromatic heterocycles. The van der Waals surface area contributed by atoms with Gasteiger partial charge in [-0.1, -0.05) is 18.2 Å². The Morgan fingerprint density at radius 2 is 1.82 bits per heavy atom. The van der Waals surface area contributed by atoms with E-state index >= 15 is 0 Å². The summed E-state index contributed by atoms with van der Waals surface area (Å²) in [7, 11) is 0.164. The molecule has 0 saturated carbocycles. The summed E-state index contributed by atoms with van der Waals surface area (Å²) >= 11 is 0. The Balaban J connectivity index is 2.69. The predicted molar refractivity (Wildman–Crippen MR) is 134 cm³/mol. The number of ether oxygens (including phenoxy) is 1. The molecular weight excluding hydrogens is 419 g/mol. The van der Waals surface area contributed by atoms with Gasteiger partial charge in [-0.2, -0.15) is 0 Å². The van der Waals surface area contributed by atoms with Crippen molar-refractivity contribution in [2.75, 3.05) is 7.05 Å². The first kappa shape index (κ1) is 27.1. The maximum absolute atomic E-state index is 13.1. The topological polar surface area (TPSA) is 95.2 Å². The van der Waals surface area contributed by atoms with E-state index in [0.717, 1.165) is 22.1 Å². The summed E-state index contributed by atoms with van der Waals surface area (Å²) in [6.45, 7) is 17.5. The van der Waals surface area contributed by atoms with E-state index in [2.05, 4.69) is 24.5 Å². The van der Waals surface area contributed by atoms with Gasteiger partial charge in [-0.3, -0.25) is 9.47 Å². The average molecular weight is 458 g/mol. The number of aliphatic hydroxyl groups is 1. The molecular formula is C25H39BN2O5. The van der Waals surface area contributed by atoms with Crippen molar-refractivity contribution < 1.29 is 24.7 Å². The monoisotopic (exact) mass is 458 g/mol. The molecule has 0 fully saturated rings. The number of fused-ring (bicyclic) bond motifs is 1. The SMILES string of the molecule is C=C(C)C(C)N(C)Cc1cc(CCC(C)(C)O)c2cc(B(O)O)n(C(=O)OC(C)(C)C)c2c1. The first-order chi connectivity index (χ1) is 15.0. The van der Waals surface area contributed by atoms with Crippen LogP contribution in [0.15, 0.2) is 30.4 Å². The lowest BCUT2D eigenvalue weighted by atomic mass is 9.85. The summed E-state index contributed by atoms with van der Waals surface area (Å²) in [5, 5.41) is 31.1. The molecule has 2 rings (SSSR count). The number of aryl methyl sites for hydroxylation is 1. The van der Waals surface area contributed by atoms with Crippen molar-refractivity contribution in [3.8, 4) is 0 Å². The second-order valence-electron chi connectivity index (χ2n) is 10.7. The third-order valence-corrected chi connectivity index (χ3v) is 5.75. The molecule has 1 heterocycles. The molecule has 1 aromatic carbocycles. The highest BCUT2D eigenvalue weighted by Crippen LogP contribution is 2.27. The summed E-state index contributed by atoms with van der Waals surface area (Å²) < 4.78 is 6.81. The van der Waals surface area contributed by atoms with Crippen molar-refractivity contribution in [3.05, 3.63) is 41.5 Å². The largest absolute Gasteiger partial charge is 0.506 e. The van der Waals surface area contributed by atoms with Gasteiger partial charge in [0, 0.05) is 18.0 Å². The van der Waals surface area contributed by atoms with Crippen LogP contribution in [0.1, 0.15) is 66.0 Å². The minimum atomic E-state index is -1.85. The highest BCUT2D eigenvalue weighted by Gasteiger charge is 2.28. The number of rotatable bonds is 8. The van der Waals surface area contributed by atoms with Gasteiger partial charge in [0.05, 0.1) is 16.7 Å². The van der Waals surface area contributed by atoms with Crippen molar-refractivity contribution >= 4 is 29.7 Å². The van der Waals surface area contributed by atoms with Gasteiger partial charge in [-0.15, -0.1) is 0 Å². The normalized spacial score (nSPS) is 13.5. The van der Waals surface area contributed by atoms with Crippen LogP contribution >= 0.6 is 0 Å². The van der Waals surface area contributed by atoms with Crippen LogP contribution in [0.2, 0.25) is 0 Å². The second-order valence-corrected chi connectivity index (χ2v) is 10.7. The van der Waals surface area contributed by atoms with E-state index in [-0.39, 0.29) is 11.6 Å². The van der Waals surface area contributed by atoms with Crippen LogP contribution in [0.25, 0.3) is 10.9 Å². The van der Waals surface area contributed by atoms with Crippen molar-refractivity contribution in [1.29, 1.82) is 0 Å². The van der Waals surface area contributed by atoms with Crippen LogP contribution in [-0.4, -0.2) is 62.1 Å². The first-order valence-corrected chi connectivity index (χ1v) is 11.3. The molecule has 0 spiro atoms. The molecule has 0 bridgehead atoms. The lowest BCUT2D eigenvalue weighted by molar-refractivity contribution is 0.0547. The first-order valence-electron chi connectivity index (χ1n) is 11.3. The zero-order valence-corrected chi connectivity index (χ0v) is 21.3. The van der Waals surface area contributed by atoms with Crippen LogP contribution in [0.5, 0.6) is 0 Å². The zero-order chi connectivity index (χ0) is 25.3. The molecule has 0 saturated heterocycles. The van der Waals surface area contributed by atoms with E-state index in [0.29, 0.717) is 24.9 Å². The summed E-state index contributed by atoms with van der Waals surface area (Å²) in [5.74, 6) is 0. The number of hydrogen-bond acceptors (Lipinski definition) is 6. The molecule has 182 valence electrons. The summed E-state index contributed by atoms with van der Waals surface area (Å²) in [5.41, 5.74) is 1.92. The number of carbonyl (C=O) groups is 1. The Bertz CT molecular complexity index is 1010. The maximum Gasteiger partial charge on any atom is 0.506 e. The number of benzene rings is 1. The molecule has 2 aromatic rings. The lowest BCUT2D eigenvalue weighted by Crippen LogP contribution is -2.41. The molecule has 8 heteroatoms. The van der Waals surface area contributed by atoms with Gasteiger partial charge in [0.1, 0.15) is 5.60 Å². The molecule has 0 amide bonds. The lowest BCUT2D eigenvalue weighted by Gasteiger charge is -2.26. The van der Waals surface area contributed by atoms with E-state index in [4.69, 9.17) is 4.74 Å². The summed E-state index contributed by atoms with van der Waals surface area (Å²) in [6.07, 6.45) is 0.403. The van der Waals surface area contributed by atoms with Crippen molar-refractivity contribution in [2.45, 2.75) is 85.1 Å². The quantitative estimate of drug-likeness (QED) is 0.416. The molecule has 0 radical (unpaired) electrons. The zero-order valence-electron chi connectivity index (χ0n) is 21.3. The fourth-order valence-corrected chi connectivity index (χ4v) is 3.71. The van der Waals surface area contributed by atoms with Crippen LogP contribution in [0.4, 0.5) is 4.79 Å². The molecule has 3 N–H and O–H groups in total. The predicted octanol–water partition coefficient (Wildman–Crippen LogP) is 3.20. The van der Waals surface area contributed by atoms with E-state index in [1.807, 2.05) is 20.0 Å². The fourth-order valence-electron chi connectivity index (χ4n) is 3.71. The Morgan fingerprint density at radius 1 is 1.21 bits per heavy atom. The highest BCUT2D eigenvalue weighted by atomic mass is 16.6. The van der Waals surface area contributed by atoms with E-state index < -0.39 is 24.4 Å². The molecule has 0 aliphatic heterocycles. The highest BCUT2D eigenvalue weighted by molar-refractivity contribution is 6.59. The second kappa shape index (κ2) is 10.0. The number of aromatic nitrogens is 1. The van der Waals surface area contributed by atoms with E-state index in [9.17, 15) is 19.9 Å². The van der Waals surface area contributed by atoms with Gasteiger partial charge in [0.15, 0.2) is 0 Å². The van der Waals surface area contributed by atoms with E-state index in [1.54, 1.807) is 40.7 Å². The Labute approximate surface area is 197 Å². The fraction of sp³-hybridized carbons (Fsp3) is 0.560. The van der Waals surface area contributed by atoms with Gasteiger partial charge in [-0.05, 0) is 91.6 Å². The van der Waals surface area contributed by atoms with Gasteiger partial charge in [0.25, 0.3) is 0 Å². The Hall–Kier alpha value is -2.13. The maximum atomic E-state index is 13.1. The van der Waals surface area contributed by atoms with Crippen molar-refractivity contribution in [3.63, 3.8) is 0 Å². The number of hydrogen-bond donors (Lipinski definition) is 3. The Morgan fingerprint density at radius 3 is 2.30 bits per heavy atom. The number of nitrogens with zero attached hydrogens (tertiary/aromatic N) is 2. The van der Waals surface area contributed by atoms with E-state index in [1.165, 1.54) is 4.57 Å². The van der Waals surface area contributed by atoms with Gasteiger partial charge < -0.3 is 19.9 Å². The van der Waals surface area contributed by atoms with Gasteiger partial charge >= 0.3 is 13.2 Å². The number of carbonyl (C=O) groups excluding carboxylic acids is 1. The van der Waals surface area contributed by atoms with Crippen molar-refractivity contribution in [2.24, 2.45) is 0 Å². The van der Waals surface area contributed by atoms with Gasteiger partial charge in [-0.25, -0.2) is 4.79 Å². The minimum absolute atomic E-state index is 0.0459. The number of likely N-dealkylation sites (N-methyl/N-ethyl adjacent to an activating group) is 1. The van der Waals surface area contributed by atoms with Crippen LogP contribution in [0, 0.1) is 0 Å². The molecule has 7 nitrogen and oxygen atoms in total. The van der Waals surface area contributed by atoms with Crippen LogP contribution < -0.4 is 5.59 Å².